The number of hydrogen-bond acceptors (Lipinski definition) is 0. The molecule has 5 heteroatoms. The van der Waals surface area contributed by atoms with Crippen molar-refractivity contribution in [3.05, 3.63) is 266 Å². The van der Waals surface area contributed by atoms with E-state index in [0.717, 1.165) is 0 Å². The van der Waals surface area contributed by atoms with Crippen LogP contribution in [0.2, 0.25) is 0 Å². The summed E-state index contributed by atoms with van der Waals surface area (Å²) in [5.74, 6) is 0. The summed E-state index contributed by atoms with van der Waals surface area (Å²) in [7, 11) is 11.1. The van der Waals surface area contributed by atoms with Crippen molar-refractivity contribution in [2.24, 2.45) is 46.1 Å². The second-order valence-electron chi connectivity index (χ2n) is 37.1. The lowest BCUT2D eigenvalue weighted by Gasteiger charge is -2.35. The molecule has 5 aromatic carbocycles. The van der Waals surface area contributed by atoms with Crippen LogP contribution in [0.1, 0.15) is 263 Å². The summed E-state index contributed by atoms with van der Waals surface area (Å²) in [6.07, 6.45) is 58.3. The van der Waals surface area contributed by atoms with E-state index in [2.05, 4.69) is 275 Å². The number of aryl methyl sites for hydroxylation is 13. The van der Waals surface area contributed by atoms with Gasteiger partial charge in [-0.3, -0.25) is 0 Å². The van der Waals surface area contributed by atoms with Gasteiger partial charge in [0.25, 0.3) is 0 Å². The minimum atomic E-state index is 0.499. The predicted molar refractivity (Wildman–Crippen MR) is 454 cm³/mol. The van der Waals surface area contributed by atoms with E-state index < -0.39 is 0 Å². The van der Waals surface area contributed by atoms with E-state index in [1.165, 1.54) is 309 Å². The van der Waals surface area contributed by atoms with Crippen LogP contribution in [0.4, 0.5) is 0 Å². The quantitative estimate of drug-likeness (QED) is 0.153. The Kier molecular flexibility index (Phi) is 22.2. The molecular weight excluding hydrogens is 1330 g/mol. The van der Waals surface area contributed by atoms with E-state index in [-0.39, 0.29) is 0 Å². The van der Waals surface area contributed by atoms with E-state index in [4.69, 9.17) is 0 Å². The van der Waals surface area contributed by atoms with Crippen molar-refractivity contribution >= 4 is 0 Å². The minimum absolute atomic E-state index is 0.499. The largest absolute Gasteiger partial charge is 0.212 e. The van der Waals surface area contributed by atoms with Gasteiger partial charge in [0.15, 0.2) is 30.5 Å². The topological polar surface area (TPSA) is 19.4 Å². The molecule has 20 rings (SSSR count). The summed E-state index contributed by atoms with van der Waals surface area (Å²) in [5, 5.41) is 0. The Hall–Kier alpha value is -8.15. The van der Waals surface area contributed by atoms with Gasteiger partial charge in [-0.05, 0) is 291 Å². The summed E-state index contributed by atoms with van der Waals surface area (Å²) < 4.78 is 11.9. The smallest absolute Gasteiger partial charge is 0.201 e. The summed E-state index contributed by atoms with van der Waals surface area (Å²) in [5.41, 5.74) is 39.5. The average Bonchev–Trinajstić information content (AvgIpc) is 1.37. The first kappa shape index (κ1) is 75.9. The van der Waals surface area contributed by atoms with E-state index in [1.807, 2.05) is 0 Å². The highest BCUT2D eigenvalue weighted by Crippen LogP contribution is 2.54. The van der Waals surface area contributed by atoms with Gasteiger partial charge in [0.1, 0.15) is 35.2 Å². The molecule has 10 aliphatic rings. The number of fused-ring (bicyclic) bond motifs is 8. The molecule has 10 aromatic rings. The lowest BCUT2D eigenvalue weighted by atomic mass is 9.69. The SMILES string of the molecule is Cc1ccccc1-c1cc2c(c[n+]1C)C1(CCCC1)CCC2.Cc1ccccc1-c1cc2c(c[n+]1C)CC1(CCCC1)CC2.Cc1ccccc1-c1cc2c(c[n+]1C)CCC1(CCCC1)C2.Cc1ccccc1-c1cc2c(c[n+]1C)CCCC21CCCC1.Cc1ccccc1-c1ccc2c([n+]1C)CCCC21CCCC1. The Morgan fingerprint density at radius 1 is 0.236 bits per heavy atom. The molecule has 5 aromatic heterocycles. The Morgan fingerprint density at radius 3 is 1.03 bits per heavy atom. The van der Waals surface area contributed by atoms with Gasteiger partial charge in [-0.2, -0.15) is 4.57 Å². The van der Waals surface area contributed by atoms with Gasteiger partial charge in [-0.25, -0.2) is 18.3 Å². The predicted octanol–water partition coefficient (Wildman–Crippen LogP) is 23.0. The van der Waals surface area contributed by atoms with E-state index in [0.29, 0.717) is 27.1 Å². The zero-order valence-corrected chi connectivity index (χ0v) is 69.3. The third-order valence-electron chi connectivity index (χ3n) is 30.2. The molecule has 0 N–H and O–H groups in total. The Labute approximate surface area is 662 Å². The van der Waals surface area contributed by atoms with E-state index in [1.54, 1.807) is 55.8 Å². The van der Waals surface area contributed by atoms with Crippen molar-refractivity contribution in [3.8, 4) is 56.3 Å². The molecule has 0 radical (unpaired) electrons. The zero-order chi connectivity index (χ0) is 75.8. The third kappa shape index (κ3) is 15.1. The summed E-state index contributed by atoms with van der Waals surface area (Å²) >= 11 is 0. The van der Waals surface area contributed by atoms with Crippen molar-refractivity contribution in [2.45, 2.75) is 276 Å². The highest BCUT2D eigenvalue weighted by atomic mass is 15.0. The lowest BCUT2D eigenvalue weighted by Crippen LogP contribution is -2.43. The molecule has 0 atom stereocenters. The van der Waals surface area contributed by atoms with Crippen LogP contribution in [-0.4, -0.2) is 0 Å². The first-order valence-corrected chi connectivity index (χ1v) is 43.9. The van der Waals surface area contributed by atoms with Gasteiger partial charge >= 0.3 is 0 Å². The van der Waals surface area contributed by atoms with Crippen molar-refractivity contribution < 1.29 is 22.8 Å². The molecule has 5 saturated carbocycles. The van der Waals surface area contributed by atoms with Gasteiger partial charge in [0, 0.05) is 103 Å². The highest BCUT2D eigenvalue weighted by Gasteiger charge is 2.46. The summed E-state index contributed by atoms with van der Waals surface area (Å²) in [4.78, 5) is 0. The Morgan fingerprint density at radius 2 is 0.564 bits per heavy atom. The maximum atomic E-state index is 2.53. The highest BCUT2D eigenvalue weighted by molar-refractivity contribution is 5.66. The van der Waals surface area contributed by atoms with Crippen molar-refractivity contribution in [3.63, 3.8) is 0 Å². The molecule has 5 heterocycles. The first-order chi connectivity index (χ1) is 53.4. The van der Waals surface area contributed by atoms with Crippen LogP contribution < -0.4 is 22.8 Å². The van der Waals surface area contributed by atoms with Gasteiger partial charge in [0.05, 0.1) is 0 Å². The first-order valence-electron chi connectivity index (χ1n) is 43.9. The molecule has 0 aliphatic heterocycles. The van der Waals surface area contributed by atoms with Gasteiger partial charge in [-0.1, -0.05) is 155 Å². The number of rotatable bonds is 5. The van der Waals surface area contributed by atoms with Gasteiger partial charge < -0.3 is 0 Å². The normalized spacial score (nSPS) is 19.4. The van der Waals surface area contributed by atoms with Crippen molar-refractivity contribution in [1.82, 2.24) is 0 Å². The van der Waals surface area contributed by atoms with Crippen LogP contribution in [-0.2, 0) is 96.4 Å². The molecule has 110 heavy (non-hydrogen) atoms. The maximum Gasteiger partial charge on any atom is 0.212 e. The van der Waals surface area contributed by atoms with Crippen molar-refractivity contribution in [2.75, 3.05) is 0 Å². The minimum Gasteiger partial charge on any atom is -0.201 e. The van der Waals surface area contributed by atoms with Gasteiger partial charge in [0.2, 0.25) is 28.5 Å². The molecule has 0 amide bonds. The van der Waals surface area contributed by atoms with Crippen molar-refractivity contribution in [1.29, 1.82) is 0 Å². The Bertz CT molecular complexity index is 4930. The standard InChI is InChI=1S/5C21H26N/c1-16-8-3-4-10-18(16)20-14-19-17(15-22(20)2)9-7-13-21(19)11-5-6-12-21;1-16-8-3-4-10-18(16)20-14-17-9-7-13-21(11-5-6-12-21)19(17)15-22(20)2;1-16-8-3-4-9-17(16)19-12-11-18-20(22(19)2)10-7-15-21(18)13-5-6-14-21;1-16-7-3-4-8-19(16)20-13-18-14-21(10-5-6-11-21)12-9-17(18)15-22(20)2;1-16-7-3-4-8-19(16)20-13-17-9-12-21(10-5-6-11-21)14-18(17)15-22(20)2/h2*3-4,8,10,14-15H,5-7,9,11-13H2,1-2H3;3-4,8-9,11-12H,5-7,10,13-15H2,1-2H3;2*3-4,7-8,13,15H,5-6,9-12,14H2,1-2H3/q5*+1. The molecule has 0 saturated heterocycles. The number of benzene rings is 5. The molecule has 5 fully saturated rings. The fraction of sp³-hybridized carbons (Fsp3) is 0.476. The molecular formula is C105H130N5+5. The van der Waals surface area contributed by atoms with Crippen LogP contribution in [0.25, 0.3) is 56.3 Å². The number of pyridine rings is 5. The monoisotopic (exact) mass is 1460 g/mol. The fourth-order valence-electron chi connectivity index (χ4n) is 24.0. The van der Waals surface area contributed by atoms with E-state index in [9.17, 15) is 0 Å². The zero-order valence-electron chi connectivity index (χ0n) is 69.3. The molecule has 570 valence electrons. The van der Waals surface area contributed by atoms with Crippen LogP contribution in [0, 0.1) is 45.4 Å². The summed E-state index contributed by atoms with van der Waals surface area (Å²) in [6.45, 7) is 11.1. The summed E-state index contributed by atoms with van der Waals surface area (Å²) in [6, 6.07) is 58.6. The van der Waals surface area contributed by atoms with Crippen LogP contribution in [0.5, 0.6) is 0 Å². The number of hydrogen-bond donors (Lipinski definition) is 0. The van der Waals surface area contributed by atoms with Gasteiger partial charge in [-0.15, -0.1) is 0 Å². The second-order valence-corrected chi connectivity index (χ2v) is 37.1. The second kappa shape index (κ2) is 32.1. The maximum absolute atomic E-state index is 2.53. The molecule has 0 bridgehead atoms. The number of aromatic nitrogens is 5. The Balaban J connectivity index is 0.000000104. The fourth-order valence-corrected chi connectivity index (χ4v) is 24.0. The molecule has 5 spiro atoms. The molecule has 10 aliphatic carbocycles. The number of nitrogens with zero attached hydrogens (tertiary/aromatic N) is 5. The lowest BCUT2D eigenvalue weighted by molar-refractivity contribution is -0.669. The van der Waals surface area contributed by atoms with E-state index >= 15 is 0 Å². The molecule has 0 unspecified atom stereocenters. The van der Waals surface area contributed by atoms with Crippen LogP contribution in [0.3, 0.4) is 0 Å². The van der Waals surface area contributed by atoms with Crippen LogP contribution in [0.15, 0.2) is 183 Å². The van der Waals surface area contributed by atoms with Crippen LogP contribution >= 0.6 is 0 Å². The third-order valence-corrected chi connectivity index (χ3v) is 30.2. The average molecular weight is 1460 g/mol. The molecule has 5 nitrogen and oxygen atoms in total.